The molecule has 1 N–H and O–H groups in total. The number of nitrogens with zero attached hydrogens (tertiary/aromatic N) is 3. The van der Waals surface area contributed by atoms with E-state index >= 15 is 0 Å². The summed E-state index contributed by atoms with van der Waals surface area (Å²) >= 11 is 2.14. The summed E-state index contributed by atoms with van der Waals surface area (Å²) in [6.45, 7) is -0.252. The third-order valence-corrected chi connectivity index (χ3v) is 10.8. The van der Waals surface area contributed by atoms with Crippen LogP contribution >= 0.6 is 23.1 Å². The molecule has 0 spiro atoms. The lowest BCUT2D eigenvalue weighted by molar-refractivity contribution is -0.122. The Kier molecular flexibility index (Phi) is 7.29. The van der Waals surface area contributed by atoms with Gasteiger partial charge in [0.15, 0.2) is 0 Å². The summed E-state index contributed by atoms with van der Waals surface area (Å²) < 4.78 is 15.1. The molecule has 0 radical (unpaired) electrons. The highest BCUT2D eigenvalue weighted by atomic mass is 32.2. The standard InChI is InChI=1S/C34H27FN4O4S2/c1-37(2)24-13-8-20(9-14-24)27-28-29(32(42)39(31(28)41)25-15-10-22(35)11-16-25)44-33-30(27)45-34(43)38(33)18-26(40)36-23-12-7-19-5-3-4-6-21(19)17-23/h3-17,27-29H,18H2,1-2H3,(H,36,40). The highest BCUT2D eigenvalue weighted by Crippen LogP contribution is 2.54. The number of carbonyl (C=O) groups excluding carboxylic acids is 3. The monoisotopic (exact) mass is 638 g/mol. The van der Waals surface area contributed by atoms with E-state index in [1.54, 1.807) is 0 Å². The van der Waals surface area contributed by atoms with Crippen molar-refractivity contribution in [2.45, 2.75) is 22.7 Å². The Morgan fingerprint density at radius 2 is 1.60 bits per heavy atom. The summed E-state index contributed by atoms with van der Waals surface area (Å²) in [4.78, 5) is 58.0. The molecule has 2 aliphatic heterocycles. The molecule has 11 heteroatoms. The summed E-state index contributed by atoms with van der Waals surface area (Å²) in [5, 5.41) is 4.57. The number of hydrogen-bond donors (Lipinski definition) is 1. The van der Waals surface area contributed by atoms with E-state index in [0.29, 0.717) is 21.3 Å². The van der Waals surface area contributed by atoms with Gasteiger partial charge >= 0.3 is 4.87 Å². The van der Waals surface area contributed by atoms with Crippen molar-refractivity contribution >= 4 is 68.7 Å². The lowest BCUT2D eigenvalue weighted by Crippen LogP contribution is -2.33. The first-order chi connectivity index (χ1) is 21.7. The molecule has 45 heavy (non-hydrogen) atoms. The van der Waals surface area contributed by atoms with E-state index in [2.05, 4.69) is 5.32 Å². The first-order valence-corrected chi connectivity index (χ1v) is 16.0. The molecule has 226 valence electrons. The fraction of sp³-hybridized carbons (Fsp3) is 0.176. The molecule has 3 unspecified atom stereocenters. The zero-order valence-electron chi connectivity index (χ0n) is 24.3. The van der Waals surface area contributed by atoms with Crippen molar-refractivity contribution in [2.75, 3.05) is 29.2 Å². The number of amides is 3. The largest absolute Gasteiger partial charge is 0.378 e. The Hall–Kier alpha value is -4.74. The van der Waals surface area contributed by atoms with Crippen LogP contribution in [0.15, 0.2) is 101 Å². The number of anilines is 3. The molecule has 4 aromatic carbocycles. The molecule has 1 fully saturated rings. The minimum absolute atomic E-state index is 0.252. The average Bonchev–Trinajstić information content (AvgIpc) is 3.47. The number of thiazole rings is 1. The topological polar surface area (TPSA) is 91.7 Å². The predicted octanol–water partition coefficient (Wildman–Crippen LogP) is 5.70. The molecule has 0 aliphatic carbocycles. The number of halogens is 1. The van der Waals surface area contributed by atoms with Crippen molar-refractivity contribution in [2.24, 2.45) is 5.92 Å². The minimum atomic E-state index is -0.836. The SMILES string of the molecule is CN(C)c1ccc(C2c3sc(=O)n(CC(=O)Nc4ccc5ccccc5c4)c3SC3C(=O)N(c4ccc(F)cc4)C(=O)C32)cc1. The van der Waals surface area contributed by atoms with Gasteiger partial charge in [0.05, 0.1) is 16.6 Å². The van der Waals surface area contributed by atoms with Crippen LogP contribution in [0.3, 0.4) is 0 Å². The van der Waals surface area contributed by atoms with Gasteiger partial charge in [-0.3, -0.25) is 23.7 Å². The molecule has 1 saturated heterocycles. The number of thioether (sulfide) groups is 1. The van der Waals surface area contributed by atoms with Gasteiger partial charge in [0.2, 0.25) is 17.7 Å². The fourth-order valence-electron chi connectivity index (χ4n) is 6.05. The maximum atomic E-state index is 14.0. The van der Waals surface area contributed by atoms with Crippen LogP contribution in [0.4, 0.5) is 21.5 Å². The molecule has 1 aromatic heterocycles. The predicted molar refractivity (Wildman–Crippen MR) is 176 cm³/mol. The number of aromatic nitrogens is 1. The molecular weight excluding hydrogens is 612 g/mol. The van der Waals surface area contributed by atoms with Crippen molar-refractivity contribution in [3.63, 3.8) is 0 Å². The highest BCUT2D eigenvalue weighted by molar-refractivity contribution is 8.00. The van der Waals surface area contributed by atoms with E-state index in [1.165, 1.54) is 28.8 Å². The van der Waals surface area contributed by atoms with Gasteiger partial charge in [-0.05, 0) is 64.9 Å². The third-order valence-electron chi connectivity index (χ3n) is 8.24. The summed E-state index contributed by atoms with van der Waals surface area (Å²) in [7, 11) is 3.85. The number of hydrogen-bond acceptors (Lipinski definition) is 7. The van der Waals surface area contributed by atoms with E-state index in [0.717, 1.165) is 50.0 Å². The van der Waals surface area contributed by atoms with Crippen molar-refractivity contribution < 1.29 is 18.8 Å². The Balaban J connectivity index is 1.26. The Bertz CT molecular complexity index is 2040. The molecule has 7 rings (SSSR count). The van der Waals surface area contributed by atoms with E-state index in [1.807, 2.05) is 85.7 Å². The zero-order valence-corrected chi connectivity index (χ0v) is 25.9. The van der Waals surface area contributed by atoms with E-state index in [9.17, 15) is 23.6 Å². The molecule has 3 atom stereocenters. The summed E-state index contributed by atoms with van der Waals surface area (Å²) in [5.74, 6) is -3.08. The van der Waals surface area contributed by atoms with Gasteiger partial charge in [-0.2, -0.15) is 0 Å². The van der Waals surface area contributed by atoms with Crippen molar-refractivity contribution in [1.82, 2.24) is 4.57 Å². The molecular formula is C34H27FN4O4S2. The molecule has 0 saturated carbocycles. The normalized spacial score (nSPS) is 19.0. The number of carbonyl (C=O) groups is 3. The molecule has 3 heterocycles. The van der Waals surface area contributed by atoms with Crippen LogP contribution in [0.1, 0.15) is 16.4 Å². The van der Waals surface area contributed by atoms with Crippen molar-refractivity contribution in [1.29, 1.82) is 0 Å². The van der Waals surface area contributed by atoms with Gasteiger partial charge in [-0.1, -0.05) is 65.6 Å². The van der Waals surface area contributed by atoms with Crippen LogP contribution in [0.25, 0.3) is 10.8 Å². The second kappa shape index (κ2) is 11.3. The first kappa shape index (κ1) is 29.0. The van der Waals surface area contributed by atoms with Crippen LogP contribution in [0.5, 0.6) is 0 Å². The van der Waals surface area contributed by atoms with Gasteiger partial charge in [0.1, 0.15) is 17.6 Å². The quantitative estimate of drug-likeness (QED) is 0.240. The molecule has 0 bridgehead atoms. The third kappa shape index (κ3) is 5.11. The van der Waals surface area contributed by atoms with Gasteiger partial charge < -0.3 is 10.2 Å². The number of benzene rings is 4. The Morgan fingerprint density at radius 3 is 2.31 bits per heavy atom. The Morgan fingerprint density at radius 1 is 0.889 bits per heavy atom. The number of rotatable bonds is 6. The smallest absolute Gasteiger partial charge is 0.308 e. The van der Waals surface area contributed by atoms with Crippen LogP contribution in [0, 0.1) is 11.7 Å². The first-order valence-electron chi connectivity index (χ1n) is 14.3. The number of fused-ring (bicyclic) bond motifs is 3. The van der Waals surface area contributed by atoms with E-state index in [4.69, 9.17) is 0 Å². The van der Waals surface area contributed by atoms with Crippen molar-refractivity contribution in [3.05, 3.63) is 117 Å². The minimum Gasteiger partial charge on any atom is -0.378 e. The second-order valence-corrected chi connectivity index (χ2v) is 13.4. The van der Waals surface area contributed by atoms with Crippen LogP contribution < -0.4 is 20.0 Å². The van der Waals surface area contributed by atoms with Crippen LogP contribution in [0.2, 0.25) is 0 Å². The van der Waals surface area contributed by atoms with E-state index < -0.39 is 34.7 Å². The van der Waals surface area contributed by atoms with Gasteiger partial charge in [0, 0.05) is 36.3 Å². The number of nitrogens with one attached hydrogen (secondary N) is 1. The van der Waals surface area contributed by atoms with Gasteiger partial charge in [-0.15, -0.1) is 0 Å². The molecule has 5 aromatic rings. The summed E-state index contributed by atoms with van der Waals surface area (Å²) in [5.41, 5.74) is 2.64. The van der Waals surface area contributed by atoms with E-state index in [-0.39, 0.29) is 17.3 Å². The highest BCUT2D eigenvalue weighted by Gasteiger charge is 2.56. The average molecular weight is 639 g/mol. The second-order valence-electron chi connectivity index (χ2n) is 11.2. The molecule has 3 amide bonds. The summed E-state index contributed by atoms with van der Waals surface area (Å²) in [6, 6.07) is 26.4. The lowest BCUT2D eigenvalue weighted by Gasteiger charge is -2.31. The van der Waals surface area contributed by atoms with Crippen molar-refractivity contribution in [3.8, 4) is 0 Å². The van der Waals surface area contributed by atoms with Gasteiger partial charge in [0.25, 0.3) is 0 Å². The van der Waals surface area contributed by atoms with Crippen LogP contribution in [-0.4, -0.2) is 41.6 Å². The number of imide groups is 1. The molecule has 2 aliphatic rings. The van der Waals surface area contributed by atoms with Crippen LogP contribution in [-0.2, 0) is 20.9 Å². The molecule has 8 nitrogen and oxygen atoms in total. The summed E-state index contributed by atoms with van der Waals surface area (Å²) in [6.07, 6.45) is 0. The maximum Gasteiger partial charge on any atom is 0.308 e. The van der Waals surface area contributed by atoms with Gasteiger partial charge in [-0.25, -0.2) is 9.29 Å². The fourth-order valence-corrected chi connectivity index (χ4v) is 8.82. The zero-order chi connectivity index (χ0) is 31.4. The Labute approximate surface area is 266 Å². The lowest BCUT2D eigenvalue weighted by atomic mass is 9.83. The maximum absolute atomic E-state index is 14.0.